The minimum atomic E-state index is 0.0697. The molecular formula is C20H45N3O2. The number of benzene rings is 1. The monoisotopic (exact) mass is 359 g/mol. The third-order valence-electron chi connectivity index (χ3n) is 1.84. The molecule has 0 saturated heterocycles. The number of methoxy groups -OCH3 is 1. The Hall–Kier alpha value is -1.40. The molecule has 0 fully saturated rings. The minimum Gasteiger partial charge on any atom is -0.390 e. The zero-order valence-electron chi connectivity index (χ0n) is 17.9. The lowest BCUT2D eigenvalue weighted by atomic mass is 10.4. The van der Waals surface area contributed by atoms with Gasteiger partial charge in [-0.2, -0.15) is 0 Å². The molecule has 1 rings (SSSR count). The molecule has 25 heavy (non-hydrogen) atoms. The van der Waals surface area contributed by atoms with Crippen molar-refractivity contribution in [1.29, 1.82) is 0 Å². The summed E-state index contributed by atoms with van der Waals surface area (Å²) in [5.74, 6) is 0. The summed E-state index contributed by atoms with van der Waals surface area (Å²) in [6.07, 6.45) is 1.84. The SMILES string of the molecule is C/C=C(\CO)NCCOC.CC.CC.CCN.CN.c1ccccc1. The molecule has 152 valence electrons. The highest BCUT2D eigenvalue weighted by Crippen LogP contribution is 1.84. The summed E-state index contributed by atoms with van der Waals surface area (Å²) >= 11 is 0. The summed E-state index contributed by atoms with van der Waals surface area (Å²) in [5.41, 5.74) is 10.2. The first-order valence-corrected chi connectivity index (χ1v) is 9.03. The van der Waals surface area contributed by atoms with Gasteiger partial charge in [0.15, 0.2) is 0 Å². The Kier molecular flexibility index (Phi) is 68.9. The number of allylic oxidation sites excluding steroid dienone is 1. The van der Waals surface area contributed by atoms with Gasteiger partial charge in [-0.25, -0.2) is 0 Å². The second kappa shape index (κ2) is 49.5. The van der Waals surface area contributed by atoms with Gasteiger partial charge in [-0.1, -0.05) is 77.1 Å². The summed E-state index contributed by atoms with van der Waals surface area (Å²) in [6, 6.07) is 12.0. The number of hydrogen-bond acceptors (Lipinski definition) is 5. The van der Waals surface area contributed by atoms with Crippen LogP contribution in [0, 0.1) is 0 Å². The fourth-order valence-electron chi connectivity index (χ4n) is 0.948. The highest BCUT2D eigenvalue weighted by atomic mass is 16.5. The van der Waals surface area contributed by atoms with Crippen LogP contribution < -0.4 is 16.8 Å². The molecule has 0 aromatic heterocycles. The summed E-state index contributed by atoms with van der Waals surface area (Å²) in [4.78, 5) is 0. The zero-order valence-corrected chi connectivity index (χ0v) is 17.9. The molecule has 0 atom stereocenters. The topological polar surface area (TPSA) is 93.5 Å². The Labute approximate surface area is 157 Å². The first-order valence-electron chi connectivity index (χ1n) is 9.03. The summed E-state index contributed by atoms with van der Waals surface area (Å²) in [6.45, 7) is 14.0. The van der Waals surface area contributed by atoms with Gasteiger partial charge < -0.3 is 26.6 Å². The van der Waals surface area contributed by atoms with Gasteiger partial charge in [0.05, 0.1) is 13.2 Å². The third-order valence-corrected chi connectivity index (χ3v) is 1.84. The Morgan fingerprint density at radius 1 is 1.00 bits per heavy atom. The van der Waals surface area contributed by atoms with Gasteiger partial charge in [-0.3, -0.25) is 0 Å². The van der Waals surface area contributed by atoms with Crippen LogP contribution in [0.15, 0.2) is 48.2 Å². The molecule has 0 aliphatic heterocycles. The van der Waals surface area contributed by atoms with Crippen molar-refractivity contribution >= 4 is 0 Å². The van der Waals surface area contributed by atoms with E-state index in [9.17, 15) is 0 Å². The van der Waals surface area contributed by atoms with Gasteiger partial charge >= 0.3 is 0 Å². The summed E-state index contributed by atoms with van der Waals surface area (Å²) in [5, 5.41) is 11.7. The summed E-state index contributed by atoms with van der Waals surface area (Å²) in [7, 11) is 3.15. The molecule has 1 aromatic rings. The van der Waals surface area contributed by atoms with E-state index in [1.807, 2.05) is 84.0 Å². The number of nitrogens with one attached hydrogen (secondary N) is 1. The van der Waals surface area contributed by atoms with Crippen molar-refractivity contribution in [1.82, 2.24) is 5.32 Å². The molecule has 5 nitrogen and oxygen atoms in total. The number of rotatable bonds is 5. The van der Waals surface area contributed by atoms with Crippen LogP contribution in [0.5, 0.6) is 0 Å². The highest BCUT2D eigenvalue weighted by molar-refractivity contribution is 4.99. The Morgan fingerprint density at radius 2 is 1.32 bits per heavy atom. The zero-order chi connectivity index (χ0) is 20.8. The fraction of sp³-hybridized carbons (Fsp3) is 0.600. The standard InChI is InChI=1S/C7H15NO2.C6H6.C2H7N.2C2H6.CH5N/c1-3-7(6-9)8-4-5-10-2;1-2-4-6-5-3-1;1-2-3;3*1-2/h3,8-9H,4-6H2,1-2H3;1-6H;2-3H2,1H3;2*1-2H3;2H2,1H3/b7-3+;;;;;. The van der Waals surface area contributed by atoms with E-state index in [-0.39, 0.29) is 6.61 Å². The maximum absolute atomic E-state index is 8.65. The van der Waals surface area contributed by atoms with E-state index in [4.69, 9.17) is 15.6 Å². The lowest BCUT2D eigenvalue weighted by Crippen LogP contribution is -2.20. The van der Waals surface area contributed by atoms with Crippen molar-refractivity contribution < 1.29 is 9.84 Å². The number of ether oxygens (including phenoxy) is 1. The van der Waals surface area contributed by atoms with Crippen LogP contribution in [-0.4, -0.2) is 45.6 Å². The molecule has 0 saturated carbocycles. The first-order chi connectivity index (χ1) is 12.3. The Bertz CT molecular complexity index is 255. The largest absolute Gasteiger partial charge is 0.390 e. The third kappa shape index (κ3) is 51.9. The molecule has 0 heterocycles. The molecule has 0 spiro atoms. The summed E-state index contributed by atoms with van der Waals surface area (Å²) < 4.78 is 4.81. The lowest BCUT2D eigenvalue weighted by Gasteiger charge is -2.05. The van der Waals surface area contributed by atoms with Gasteiger partial charge in [0.2, 0.25) is 0 Å². The maximum atomic E-state index is 8.65. The molecule has 0 aliphatic carbocycles. The van der Waals surface area contributed by atoms with Crippen molar-refractivity contribution in [3.8, 4) is 0 Å². The van der Waals surface area contributed by atoms with Gasteiger partial charge in [0, 0.05) is 19.4 Å². The van der Waals surface area contributed by atoms with Crippen LogP contribution in [-0.2, 0) is 4.74 Å². The van der Waals surface area contributed by atoms with Crippen molar-refractivity contribution in [2.45, 2.75) is 41.5 Å². The number of aliphatic hydroxyl groups is 1. The van der Waals surface area contributed by atoms with Crippen LogP contribution in [0.2, 0.25) is 0 Å². The van der Waals surface area contributed by atoms with Crippen LogP contribution in [0.25, 0.3) is 0 Å². The normalized spacial score (nSPS) is 8.04. The molecule has 0 aliphatic rings. The van der Waals surface area contributed by atoms with E-state index in [0.29, 0.717) is 6.61 Å². The maximum Gasteiger partial charge on any atom is 0.0824 e. The van der Waals surface area contributed by atoms with E-state index in [0.717, 1.165) is 18.8 Å². The molecule has 0 amide bonds. The van der Waals surface area contributed by atoms with Gasteiger partial charge in [-0.05, 0) is 20.5 Å². The van der Waals surface area contributed by atoms with Crippen LogP contribution in [0.3, 0.4) is 0 Å². The van der Waals surface area contributed by atoms with Crippen LogP contribution in [0.4, 0.5) is 0 Å². The number of hydrogen-bond donors (Lipinski definition) is 4. The van der Waals surface area contributed by atoms with Crippen molar-refractivity contribution in [2.75, 3.05) is 40.5 Å². The van der Waals surface area contributed by atoms with E-state index >= 15 is 0 Å². The molecule has 1 aromatic carbocycles. The molecule has 0 bridgehead atoms. The smallest absolute Gasteiger partial charge is 0.0824 e. The predicted octanol–water partition coefficient (Wildman–Crippen LogP) is 3.40. The first kappa shape index (κ1) is 34.8. The molecular weight excluding hydrogens is 314 g/mol. The second-order valence-corrected chi connectivity index (χ2v) is 3.45. The molecule has 0 unspecified atom stereocenters. The van der Waals surface area contributed by atoms with Gasteiger partial charge in [-0.15, -0.1) is 0 Å². The van der Waals surface area contributed by atoms with Crippen molar-refractivity contribution in [2.24, 2.45) is 11.5 Å². The van der Waals surface area contributed by atoms with Gasteiger partial charge in [0.25, 0.3) is 0 Å². The highest BCUT2D eigenvalue weighted by Gasteiger charge is 1.89. The van der Waals surface area contributed by atoms with Crippen molar-refractivity contribution in [3.05, 3.63) is 48.2 Å². The number of nitrogens with two attached hydrogens (primary N) is 2. The van der Waals surface area contributed by atoms with E-state index in [1.165, 1.54) is 7.05 Å². The van der Waals surface area contributed by atoms with Crippen LogP contribution >= 0.6 is 0 Å². The Morgan fingerprint density at radius 3 is 1.52 bits per heavy atom. The predicted molar refractivity (Wildman–Crippen MR) is 115 cm³/mol. The molecule has 6 N–H and O–H groups in total. The van der Waals surface area contributed by atoms with Crippen molar-refractivity contribution in [3.63, 3.8) is 0 Å². The van der Waals surface area contributed by atoms with E-state index in [1.54, 1.807) is 7.11 Å². The minimum absolute atomic E-state index is 0.0697. The number of aliphatic hydroxyl groups excluding tert-OH is 1. The second-order valence-electron chi connectivity index (χ2n) is 3.45. The van der Waals surface area contributed by atoms with Crippen LogP contribution in [0.1, 0.15) is 41.5 Å². The van der Waals surface area contributed by atoms with E-state index < -0.39 is 0 Å². The van der Waals surface area contributed by atoms with Gasteiger partial charge in [0.1, 0.15) is 0 Å². The quantitative estimate of drug-likeness (QED) is 0.605. The molecule has 0 radical (unpaired) electrons. The molecule has 5 heteroatoms. The Balaban J connectivity index is -0.0000000758. The van der Waals surface area contributed by atoms with E-state index in [2.05, 4.69) is 11.1 Å². The average molecular weight is 360 g/mol. The average Bonchev–Trinajstić information content (AvgIpc) is 2.72. The lowest BCUT2D eigenvalue weighted by molar-refractivity contribution is 0.200. The fourth-order valence-corrected chi connectivity index (χ4v) is 0.948.